The number of nitrogens with zero attached hydrogens (tertiary/aromatic N) is 1. The van der Waals surface area contributed by atoms with E-state index in [1.165, 1.54) is 6.07 Å². The van der Waals surface area contributed by atoms with Gasteiger partial charge in [0, 0.05) is 24.3 Å². The molecule has 0 aliphatic carbocycles. The Hall–Kier alpha value is -1.76. The van der Waals surface area contributed by atoms with Crippen LogP contribution < -0.4 is 10.6 Å². The van der Waals surface area contributed by atoms with Gasteiger partial charge < -0.3 is 15.4 Å². The molecule has 0 bridgehead atoms. The summed E-state index contributed by atoms with van der Waals surface area (Å²) in [5.41, 5.74) is 4.90. The van der Waals surface area contributed by atoms with Crippen molar-refractivity contribution in [2.75, 3.05) is 24.6 Å². The second kappa shape index (κ2) is 5.22. The van der Waals surface area contributed by atoms with Gasteiger partial charge >= 0.3 is 6.18 Å². The van der Waals surface area contributed by atoms with E-state index < -0.39 is 17.3 Å². The Bertz CT molecular complexity index is 555. The minimum absolute atomic E-state index is 0.0996. The molecule has 7 heteroatoms. The van der Waals surface area contributed by atoms with E-state index >= 15 is 0 Å². The standard InChI is InChI=1S/C14H18F3N3O/c1-13(2)8-20(5-6-21-13)11-4-3-9(14(15,16)17)7-10(11)12(18)19/h3-4,7H,5-6,8H2,1-2H3,(H3,18,19). The van der Waals surface area contributed by atoms with Crippen LogP contribution in [-0.4, -0.2) is 31.1 Å². The maximum absolute atomic E-state index is 12.8. The van der Waals surface area contributed by atoms with E-state index in [1.54, 1.807) is 0 Å². The molecule has 0 spiro atoms. The summed E-state index contributed by atoms with van der Waals surface area (Å²) in [6, 6.07) is 3.32. The van der Waals surface area contributed by atoms with E-state index in [0.29, 0.717) is 25.4 Å². The predicted octanol–water partition coefficient (Wildman–Crippen LogP) is 2.60. The Morgan fingerprint density at radius 1 is 1.38 bits per heavy atom. The van der Waals surface area contributed by atoms with Crippen LogP contribution in [0.4, 0.5) is 18.9 Å². The number of benzene rings is 1. The lowest BCUT2D eigenvalue weighted by Crippen LogP contribution is -2.48. The SMILES string of the molecule is CC1(C)CN(c2ccc(C(F)(F)F)cc2C(=N)N)CCO1. The number of nitrogen functional groups attached to an aromatic ring is 1. The van der Waals surface area contributed by atoms with Gasteiger partial charge in [0.2, 0.25) is 0 Å². The third kappa shape index (κ3) is 3.47. The molecule has 0 unspecified atom stereocenters. The van der Waals surface area contributed by atoms with E-state index in [0.717, 1.165) is 12.1 Å². The number of anilines is 1. The smallest absolute Gasteiger partial charge is 0.384 e. The van der Waals surface area contributed by atoms with Gasteiger partial charge in [0.05, 0.1) is 17.8 Å². The van der Waals surface area contributed by atoms with E-state index in [4.69, 9.17) is 15.9 Å². The van der Waals surface area contributed by atoms with Gasteiger partial charge in [-0.25, -0.2) is 0 Å². The van der Waals surface area contributed by atoms with Crippen molar-refractivity contribution in [1.82, 2.24) is 0 Å². The number of hydrogen-bond donors (Lipinski definition) is 2. The highest BCUT2D eigenvalue weighted by atomic mass is 19.4. The summed E-state index contributed by atoms with van der Waals surface area (Å²) < 4.78 is 43.9. The molecule has 116 valence electrons. The second-order valence-electron chi connectivity index (χ2n) is 5.67. The summed E-state index contributed by atoms with van der Waals surface area (Å²) >= 11 is 0. The number of ether oxygens (including phenoxy) is 1. The number of nitrogens with two attached hydrogens (primary N) is 1. The fourth-order valence-electron chi connectivity index (χ4n) is 2.43. The zero-order chi connectivity index (χ0) is 15.8. The Morgan fingerprint density at radius 2 is 2.05 bits per heavy atom. The number of morpholine rings is 1. The number of hydrogen-bond acceptors (Lipinski definition) is 3. The van der Waals surface area contributed by atoms with Crippen molar-refractivity contribution >= 4 is 11.5 Å². The van der Waals surface area contributed by atoms with Gasteiger partial charge in [0.1, 0.15) is 5.84 Å². The van der Waals surface area contributed by atoms with Crippen molar-refractivity contribution in [2.45, 2.75) is 25.6 Å². The first-order valence-corrected chi connectivity index (χ1v) is 6.55. The van der Waals surface area contributed by atoms with Crippen LogP contribution in [0.3, 0.4) is 0 Å². The summed E-state index contributed by atoms with van der Waals surface area (Å²) in [6.45, 7) is 5.38. The molecule has 0 saturated carbocycles. The molecule has 1 aliphatic rings. The van der Waals surface area contributed by atoms with Crippen LogP contribution in [0.25, 0.3) is 0 Å². The van der Waals surface area contributed by atoms with Crippen LogP contribution in [0.1, 0.15) is 25.0 Å². The minimum Gasteiger partial charge on any atom is -0.384 e. The monoisotopic (exact) mass is 301 g/mol. The van der Waals surface area contributed by atoms with Crippen LogP contribution in [0.15, 0.2) is 18.2 Å². The van der Waals surface area contributed by atoms with Gasteiger partial charge in [-0.15, -0.1) is 0 Å². The van der Waals surface area contributed by atoms with Gasteiger partial charge in [0.25, 0.3) is 0 Å². The molecule has 0 amide bonds. The average molecular weight is 301 g/mol. The molecule has 4 nitrogen and oxygen atoms in total. The lowest BCUT2D eigenvalue weighted by atomic mass is 10.0. The van der Waals surface area contributed by atoms with Crippen LogP contribution >= 0.6 is 0 Å². The Labute approximate surface area is 121 Å². The number of amidine groups is 1. The molecule has 0 atom stereocenters. The van der Waals surface area contributed by atoms with Gasteiger partial charge in [-0.05, 0) is 32.0 Å². The minimum atomic E-state index is -4.45. The van der Waals surface area contributed by atoms with E-state index in [1.807, 2.05) is 18.7 Å². The van der Waals surface area contributed by atoms with Gasteiger partial charge in [0.15, 0.2) is 0 Å². The largest absolute Gasteiger partial charge is 0.416 e. The van der Waals surface area contributed by atoms with Crippen molar-refractivity contribution in [2.24, 2.45) is 5.73 Å². The lowest BCUT2D eigenvalue weighted by Gasteiger charge is -2.40. The number of rotatable bonds is 2. The fourth-order valence-corrected chi connectivity index (χ4v) is 2.43. The molecule has 0 radical (unpaired) electrons. The normalized spacial score (nSPS) is 18.6. The summed E-state index contributed by atoms with van der Waals surface area (Å²) in [7, 11) is 0. The molecule has 3 N–H and O–H groups in total. The summed E-state index contributed by atoms with van der Waals surface area (Å²) in [4.78, 5) is 1.90. The summed E-state index contributed by atoms with van der Waals surface area (Å²) in [5.74, 6) is -0.375. The van der Waals surface area contributed by atoms with E-state index in [-0.39, 0.29) is 11.4 Å². The van der Waals surface area contributed by atoms with Crippen molar-refractivity contribution in [3.63, 3.8) is 0 Å². The molecule has 1 fully saturated rings. The van der Waals surface area contributed by atoms with Crippen molar-refractivity contribution in [1.29, 1.82) is 5.41 Å². The topological polar surface area (TPSA) is 62.3 Å². The molecule has 21 heavy (non-hydrogen) atoms. The molecular formula is C14H18F3N3O. The number of halogens is 3. The maximum Gasteiger partial charge on any atom is 0.416 e. The Morgan fingerprint density at radius 3 is 2.57 bits per heavy atom. The molecular weight excluding hydrogens is 283 g/mol. The van der Waals surface area contributed by atoms with E-state index in [2.05, 4.69) is 0 Å². The zero-order valence-electron chi connectivity index (χ0n) is 11.9. The van der Waals surface area contributed by atoms with Crippen LogP contribution in [0.2, 0.25) is 0 Å². The highest BCUT2D eigenvalue weighted by Crippen LogP contribution is 2.34. The van der Waals surface area contributed by atoms with Crippen molar-refractivity contribution < 1.29 is 17.9 Å². The second-order valence-corrected chi connectivity index (χ2v) is 5.67. The molecule has 1 saturated heterocycles. The highest BCUT2D eigenvalue weighted by molar-refractivity contribution is 6.00. The summed E-state index contributed by atoms with van der Waals surface area (Å²) in [6.07, 6.45) is -4.45. The molecule has 0 aromatic heterocycles. The van der Waals surface area contributed by atoms with Crippen molar-refractivity contribution in [3.05, 3.63) is 29.3 Å². The zero-order valence-corrected chi connectivity index (χ0v) is 11.9. The third-order valence-electron chi connectivity index (χ3n) is 3.38. The third-order valence-corrected chi connectivity index (χ3v) is 3.38. The predicted molar refractivity (Wildman–Crippen MR) is 74.7 cm³/mol. The maximum atomic E-state index is 12.8. The Kier molecular flexibility index (Phi) is 3.88. The molecule has 1 aromatic carbocycles. The number of nitrogens with one attached hydrogen (secondary N) is 1. The summed E-state index contributed by atoms with van der Waals surface area (Å²) in [5, 5.41) is 7.55. The fraction of sp³-hybridized carbons (Fsp3) is 0.500. The van der Waals surface area contributed by atoms with E-state index in [9.17, 15) is 13.2 Å². The van der Waals surface area contributed by atoms with Gasteiger partial charge in [-0.1, -0.05) is 0 Å². The highest BCUT2D eigenvalue weighted by Gasteiger charge is 2.33. The molecule has 1 heterocycles. The quantitative estimate of drug-likeness (QED) is 0.652. The lowest BCUT2D eigenvalue weighted by molar-refractivity contribution is -0.137. The van der Waals surface area contributed by atoms with Crippen LogP contribution in [-0.2, 0) is 10.9 Å². The van der Waals surface area contributed by atoms with Crippen LogP contribution in [0.5, 0.6) is 0 Å². The first-order valence-electron chi connectivity index (χ1n) is 6.55. The molecule has 1 aromatic rings. The van der Waals surface area contributed by atoms with Gasteiger partial charge in [-0.3, -0.25) is 5.41 Å². The van der Waals surface area contributed by atoms with Crippen LogP contribution in [0, 0.1) is 5.41 Å². The first-order chi connectivity index (χ1) is 9.60. The molecule has 1 aliphatic heterocycles. The number of alkyl halides is 3. The molecule has 2 rings (SSSR count). The first kappa shape index (κ1) is 15.6. The average Bonchev–Trinajstić information content (AvgIpc) is 2.35. The Balaban J connectivity index is 2.42. The van der Waals surface area contributed by atoms with Crippen molar-refractivity contribution in [3.8, 4) is 0 Å². The van der Waals surface area contributed by atoms with Gasteiger partial charge in [-0.2, -0.15) is 13.2 Å².